The fourth-order valence-electron chi connectivity index (χ4n) is 2.97. The van der Waals surface area contributed by atoms with E-state index in [2.05, 4.69) is 11.6 Å². The Morgan fingerprint density at radius 1 is 1.38 bits per heavy atom. The van der Waals surface area contributed by atoms with Crippen molar-refractivity contribution in [1.29, 1.82) is 10.7 Å². The van der Waals surface area contributed by atoms with E-state index in [1.165, 1.54) is 32.4 Å². The first-order valence-corrected chi connectivity index (χ1v) is 10.5. The highest BCUT2D eigenvalue weighted by atomic mass is 16.6. The van der Waals surface area contributed by atoms with E-state index in [4.69, 9.17) is 20.1 Å². The molecule has 2 aliphatic rings. The van der Waals surface area contributed by atoms with Crippen molar-refractivity contribution in [3.8, 4) is 6.07 Å². The van der Waals surface area contributed by atoms with Gasteiger partial charge in [-0.2, -0.15) is 5.26 Å². The summed E-state index contributed by atoms with van der Waals surface area (Å²) in [6.45, 7) is 11.2. The molecule has 2 N–H and O–H groups in total. The molecule has 1 saturated carbocycles. The van der Waals surface area contributed by atoms with Gasteiger partial charge in [0, 0.05) is 24.7 Å². The number of carbonyl (C=O) groups is 1. The van der Waals surface area contributed by atoms with Crippen LogP contribution in [0.25, 0.3) is 6.08 Å². The predicted octanol–water partition coefficient (Wildman–Crippen LogP) is 5.82. The molecular weight excluding hydrogens is 366 g/mol. The number of rotatable bonds is 6. The minimum absolute atomic E-state index is 0.0239. The third-order valence-corrected chi connectivity index (χ3v) is 4.52. The zero-order chi connectivity index (χ0) is 22.1. The van der Waals surface area contributed by atoms with Crippen LogP contribution >= 0.6 is 0 Å². The Labute approximate surface area is 175 Å². The maximum Gasteiger partial charge on any atom is 0.306 e. The van der Waals surface area contributed by atoms with Gasteiger partial charge in [0.1, 0.15) is 6.61 Å². The molecule has 29 heavy (non-hydrogen) atoms. The number of carbonyl (C=O) groups excluding carboxylic acids is 1. The van der Waals surface area contributed by atoms with Gasteiger partial charge in [0.15, 0.2) is 0 Å². The summed E-state index contributed by atoms with van der Waals surface area (Å²) in [5, 5.41) is 13.4. The molecule has 1 saturated heterocycles. The molecule has 2 unspecified atom stereocenters. The number of esters is 1. The molecule has 1 aliphatic carbocycles. The molecule has 0 bridgehead atoms. The quantitative estimate of drug-likeness (QED) is 0.461. The van der Waals surface area contributed by atoms with Crippen LogP contribution in [0.5, 0.6) is 0 Å². The highest BCUT2D eigenvalue weighted by Crippen LogP contribution is 2.33. The van der Waals surface area contributed by atoms with E-state index in [1.807, 2.05) is 26.0 Å². The van der Waals surface area contributed by atoms with Crippen LogP contribution in [0.1, 0.15) is 83.7 Å². The van der Waals surface area contributed by atoms with E-state index in [1.54, 1.807) is 19.1 Å². The summed E-state index contributed by atoms with van der Waals surface area (Å²) >= 11 is 0. The number of aromatic nitrogens is 1. The Kier molecular flexibility index (Phi) is 15.2. The number of hydrogen-bond acceptors (Lipinski definition) is 5. The minimum Gasteiger partial charge on any atom is -0.463 e. The van der Waals surface area contributed by atoms with Crippen LogP contribution in [-0.2, 0) is 14.3 Å². The number of aromatic amines is 1. The van der Waals surface area contributed by atoms with Crippen LogP contribution in [-0.4, -0.2) is 29.9 Å². The van der Waals surface area contributed by atoms with E-state index >= 15 is 0 Å². The molecule has 2 heterocycles. The van der Waals surface area contributed by atoms with Crippen molar-refractivity contribution in [2.75, 3.05) is 6.61 Å². The second-order valence-corrected chi connectivity index (χ2v) is 6.59. The van der Waals surface area contributed by atoms with Crippen molar-refractivity contribution in [2.24, 2.45) is 5.92 Å². The van der Waals surface area contributed by atoms with Crippen molar-refractivity contribution < 1.29 is 14.3 Å². The van der Waals surface area contributed by atoms with E-state index in [0.29, 0.717) is 18.9 Å². The third-order valence-electron chi connectivity index (χ3n) is 4.52. The van der Waals surface area contributed by atoms with Crippen LogP contribution in [0, 0.1) is 22.7 Å². The number of nitrogens with zero attached hydrogens (tertiary/aromatic N) is 1. The average Bonchev–Trinajstić information content (AvgIpc) is 3.35. The Morgan fingerprint density at radius 2 is 2.00 bits per heavy atom. The van der Waals surface area contributed by atoms with Crippen molar-refractivity contribution in [1.82, 2.24) is 4.98 Å². The van der Waals surface area contributed by atoms with Crippen LogP contribution in [0.2, 0.25) is 0 Å². The van der Waals surface area contributed by atoms with E-state index in [9.17, 15) is 4.79 Å². The Hall–Kier alpha value is -2.39. The van der Waals surface area contributed by atoms with Gasteiger partial charge in [0.2, 0.25) is 0 Å². The van der Waals surface area contributed by atoms with Crippen LogP contribution in [0.3, 0.4) is 0 Å². The fraction of sp³-hybridized carbons (Fsp3) is 0.609. The normalized spacial score (nSPS) is 19.4. The molecule has 6 nitrogen and oxygen atoms in total. The summed E-state index contributed by atoms with van der Waals surface area (Å²) in [6.07, 6.45) is 9.23. The molecule has 3 rings (SSSR count). The molecular formula is C23H37N3O3. The van der Waals surface area contributed by atoms with Crippen LogP contribution in [0.4, 0.5) is 0 Å². The zero-order valence-corrected chi connectivity index (χ0v) is 18.4. The summed E-state index contributed by atoms with van der Waals surface area (Å²) in [5.74, 6) is 0.492. The standard InChI is InChI=1S/C17H23NO3.C2H5N.C2H3N.C2H6/c1-2-13-6-8-15(18-13)16-9-7-14(21-16)11-20-17(19)10-12-4-3-5-12;2*1-2-3;1-2/h2,6,8,12,14,16,18H,1,3-5,7,9-11H2;2-3H,1H3;1H3;1-2H3. The molecule has 1 aromatic rings. The maximum absolute atomic E-state index is 11.7. The largest absolute Gasteiger partial charge is 0.463 e. The van der Waals surface area contributed by atoms with Crippen molar-refractivity contribution in [3.63, 3.8) is 0 Å². The molecule has 0 radical (unpaired) electrons. The summed E-state index contributed by atoms with van der Waals surface area (Å²) in [5.41, 5.74) is 2.08. The first kappa shape index (κ1) is 26.6. The van der Waals surface area contributed by atoms with E-state index in [0.717, 1.165) is 24.2 Å². The predicted molar refractivity (Wildman–Crippen MR) is 118 cm³/mol. The zero-order valence-electron chi connectivity index (χ0n) is 18.4. The second kappa shape index (κ2) is 16.6. The van der Waals surface area contributed by atoms with E-state index < -0.39 is 0 Å². The lowest BCUT2D eigenvalue weighted by Crippen LogP contribution is -2.22. The van der Waals surface area contributed by atoms with E-state index in [-0.39, 0.29) is 18.2 Å². The lowest BCUT2D eigenvalue weighted by Gasteiger charge is -2.24. The fourth-order valence-corrected chi connectivity index (χ4v) is 2.97. The smallest absolute Gasteiger partial charge is 0.306 e. The van der Waals surface area contributed by atoms with Crippen LogP contribution < -0.4 is 0 Å². The average molecular weight is 404 g/mol. The van der Waals surface area contributed by atoms with Crippen molar-refractivity contribution >= 4 is 18.3 Å². The van der Waals surface area contributed by atoms with Gasteiger partial charge in [-0.1, -0.05) is 26.8 Å². The highest BCUT2D eigenvalue weighted by Gasteiger charge is 2.29. The highest BCUT2D eigenvalue weighted by molar-refractivity contribution is 5.69. The topological polar surface area (TPSA) is 99.0 Å². The summed E-state index contributed by atoms with van der Waals surface area (Å²) < 4.78 is 11.3. The van der Waals surface area contributed by atoms with Gasteiger partial charge >= 0.3 is 5.97 Å². The van der Waals surface area contributed by atoms with Gasteiger partial charge in [0.05, 0.1) is 18.3 Å². The number of nitriles is 1. The molecule has 2 fully saturated rings. The van der Waals surface area contributed by atoms with Gasteiger partial charge < -0.3 is 19.9 Å². The molecule has 1 aliphatic heterocycles. The lowest BCUT2D eigenvalue weighted by atomic mass is 9.83. The first-order chi connectivity index (χ1) is 14.1. The number of hydrogen-bond donors (Lipinski definition) is 2. The third kappa shape index (κ3) is 10.7. The number of ether oxygens (including phenoxy) is 2. The summed E-state index contributed by atoms with van der Waals surface area (Å²) in [6, 6.07) is 5.78. The molecule has 0 spiro atoms. The molecule has 2 atom stereocenters. The molecule has 6 heteroatoms. The SMILES string of the molecule is C=Cc1ccc(C2CCC(COC(=O)CC3CCC3)O2)[nH]1.CC.CC#N.CC=N. The molecule has 0 aromatic carbocycles. The Bertz CT molecular complexity index is 630. The van der Waals surface area contributed by atoms with Gasteiger partial charge in [-0.25, -0.2) is 0 Å². The first-order valence-electron chi connectivity index (χ1n) is 10.5. The van der Waals surface area contributed by atoms with Gasteiger partial charge in [-0.3, -0.25) is 4.79 Å². The van der Waals surface area contributed by atoms with Crippen LogP contribution in [0.15, 0.2) is 18.7 Å². The molecule has 0 amide bonds. The van der Waals surface area contributed by atoms with Crippen molar-refractivity contribution in [2.45, 2.75) is 78.4 Å². The van der Waals surface area contributed by atoms with Gasteiger partial charge in [-0.05, 0) is 62.9 Å². The Morgan fingerprint density at radius 3 is 2.48 bits per heavy atom. The summed E-state index contributed by atoms with van der Waals surface area (Å²) in [4.78, 5) is 15.0. The van der Waals surface area contributed by atoms with Gasteiger partial charge in [-0.15, -0.1) is 0 Å². The van der Waals surface area contributed by atoms with Gasteiger partial charge in [0.25, 0.3) is 0 Å². The lowest BCUT2D eigenvalue weighted by molar-refractivity contribution is -0.149. The molecule has 1 aromatic heterocycles. The molecule has 162 valence electrons. The number of H-pyrrole nitrogens is 1. The Balaban J connectivity index is 0.000000858. The maximum atomic E-state index is 11.7. The summed E-state index contributed by atoms with van der Waals surface area (Å²) in [7, 11) is 0. The second-order valence-electron chi connectivity index (χ2n) is 6.59. The number of nitrogens with one attached hydrogen (secondary N) is 2. The monoisotopic (exact) mass is 403 g/mol. The minimum atomic E-state index is -0.0689. The van der Waals surface area contributed by atoms with Crippen molar-refractivity contribution in [3.05, 3.63) is 30.1 Å².